The fraction of sp³-hybridized carbons (Fsp3) is 0.562. The second kappa shape index (κ2) is 6.84. The molecular formula is C16H22FNO2. The van der Waals surface area contributed by atoms with Crippen LogP contribution in [0.5, 0.6) is 0 Å². The summed E-state index contributed by atoms with van der Waals surface area (Å²) in [5.41, 5.74) is 0.592. The minimum atomic E-state index is -1.21. The van der Waals surface area contributed by atoms with Gasteiger partial charge < -0.3 is 5.11 Å². The first kappa shape index (κ1) is 15.0. The fourth-order valence-corrected chi connectivity index (χ4v) is 3.01. The smallest absolute Gasteiger partial charge is 0.338 e. The number of hydrogen-bond donors (Lipinski definition) is 1. The van der Waals surface area contributed by atoms with Crippen molar-refractivity contribution in [2.24, 2.45) is 0 Å². The first-order valence-electron chi connectivity index (χ1n) is 7.37. The maximum Gasteiger partial charge on any atom is 0.338 e. The van der Waals surface area contributed by atoms with Crippen LogP contribution in [0.1, 0.15) is 54.9 Å². The number of benzene rings is 1. The molecule has 0 aromatic heterocycles. The molecule has 110 valence electrons. The summed E-state index contributed by atoms with van der Waals surface area (Å²) < 4.78 is 13.7. The molecule has 1 aromatic rings. The van der Waals surface area contributed by atoms with Gasteiger partial charge in [0.1, 0.15) is 5.82 Å². The maximum absolute atomic E-state index is 13.7. The third-order valence-corrected chi connectivity index (χ3v) is 4.15. The minimum Gasteiger partial charge on any atom is -0.478 e. The standard InChI is InChI=1S/C16H22FNO2/c1-2-18(13-6-4-3-5-7-13)11-12-8-9-14(16(19)20)15(17)10-12/h8-10,13H,2-7,11H2,1H3,(H,19,20). The Morgan fingerprint density at radius 3 is 2.60 bits per heavy atom. The molecule has 1 saturated carbocycles. The van der Waals surface area contributed by atoms with Gasteiger partial charge >= 0.3 is 5.97 Å². The minimum absolute atomic E-state index is 0.255. The molecule has 20 heavy (non-hydrogen) atoms. The highest BCUT2D eigenvalue weighted by molar-refractivity contribution is 5.87. The van der Waals surface area contributed by atoms with Gasteiger partial charge in [0.25, 0.3) is 0 Å². The Labute approximate surface area is 119 Å². The lowest BCUT2D eigenvalue weighted by molar-refractivity contribution is 0.0692. The van der Waals surface area contributed by atoms with Crippen molar-refractivity contribution >= 4 is 5.97 Å². The summed E-state index contributed by atoms with van der Waals surface area (Å²) in [5.74, 6) is -1.86. The van der Waals surface area contributed by atoms with Gasteiger partial charge in [0.2, 0.25) is 0 Å². The third-order valence-electron chi connectivity index (χ3n) is 4.15. The van der Waals surface area contributed by atoms with Crippen molar-refractivity contribution in [1.29, 1.82) is 0 Å². The summed E-state index contributed by atoms with van der Waals surface area (Å²) in [4.78, 5) is 13.2. The zero-order chi connectivity index (χ0) is 14.5. The van der Waals surface area contributed by atoms with Crippen LogP contribution in [0.25, 0.3) is 0 Å². The highest BCUT2D eigenvalue weighted by Gasteiger charge is 2.20. The average molecular weight is 279 g/mol. The van der Waals surface area contributed by atoms with E-state index in [0.717, 1.165) is 12.1 Å². The normalized spacial score (nSPS) is 16.6. The Morgan fingerprint density at radius 1 is 1.35 bits per heavy atom. The Balaban J connectivity index is 2.07. The van der Waals surface area contributed by atoms with E-state index in [0.29, 0.717) is 12.6 Å². The predicted molar refractivity (Wildman–Crippen MR) is 76.3 cm³/mol. The fourth-order valence-electron chi connectivity index (χ4n) is 3.01. The molecule has 0 aliphatic heterocycles. The molecule has 1 N–H and O–H groups in total. The number of carbonyl (C=O) groups is 1. The molecule has 0 bridgehead atoms. The molecule has 0 unspecified atom stereocenters. The van der Waals surface area contributed by atoms with Gasteiger partial charge in [-0.3, -0.25) is 4.90 Å². The van der Waals surface area contributed by atoms with Crippen molar-refractivity contribution in [2.45, 2.75) is 51.6 Å². The zero-order valence-corrected chi connectivity index (χ0v) is 11.9. The summed E-state index contributed by atoms with van der Waals surface area (Å²) in [6, 6.07) is 5.02. The number of carboxylic acid groups (broad SMARTS) is 1. The van der Waals surface area contributed by atoms with Gasteiger partial charge in [-0.05, 0) is 37.1 Å². The van der Waals surface area contributed by atoms with Gasteiger partial charge in [-0.1, -0.05) is 32.3 Å². The molecular weight excluding hydrogens is 257 g/mol. The van der Waals surface area contributed by atoms with E-state index < -0.39 is 11.8 Å². The predicted octanol–water partition coefficient (Wildman–Crippen LogP) is 3.68. The Kier molecular flexibility index (Phi) is 5.12. The second-order valence-electron chi connectivity index (χ2n) is 5.47. The molecule has 3 nitrogen and oxygen atoms in total. The quantitative estimate of drug-likeness (QED) is 0.894. The van der Waals surface area contributed by atoms with Gasteiger partial charge in [0, 0.05) is 12.6 Å². The number of aromatic carboxylic acids is 1. The second-order valence-corrected chi connectivity index (χ2v) is 5.47. The van der Waals surface area contributed by atoms with Gasteiger partial charge in [-0.15, -0.1) is 0 Å². The maximum atomic E-state index is 13.7. The SMILES string of the molecule is CCN(Cc1ccc(C(=O)O)c(F)c1)C1CCCCC1. The number of nitrogens with zero attached hydrogens (tertiary/aromatic N) is 1. The van der Waals surface area contributed by atoms with E-state index in [1.54, 1.807) is 6.07 Å². The number of hydrogen-bond acceptors (Lipinski definition) is 2. The van der Waals surface area contributed by atoms with E-state index in [4.69, 9.17) is 5.11 Å². The molecule has 0 amide bonds. The van der Waals surface area contributed by atoms with E-state index in [2.05, 4.69) is 11.8 Å². The average Bonchev–Trinajstić information content (AvgIpc) is 2.45. The Bertz CT molecular complexity index is 470. The van der Waals surface area contributed by atoms with Crippen LogP contribution in [0.2, 0.25) is 0 Å². The van der Waals surface area contributed by atoms with Crippen molar-refractivity contribution < 1.29 is 14.3 Å². The first-order chi connectivity index (χ1) is 9.61. The van der Waals surface area contributed by atoms with E-state index in [9.17, 15) is 9.18 Å². The molecule has 0 heterocycles. The van der Waals surface area contributed by atoms with Crippen LogP contribution >= 0.6 is 0 Å². The Morgan fingerprint density at radius 2 is 2.05 bits per heavy atom. The van der Waals surface area contributed by atoms with Crippen molar-refractivity contribution in [1.82, 2.24) is 4.90 Å². The molecule has 2 rings (SSSR count). The summed E-state index contributed by atoms with van der Waals surface area (Å²) in [5, 5.41) is 8.84. The van der Waals surface area contributed by atoms with Crippen molar-refractivity contribution in [3.8, 4) is 0 Å². The monoisotopic (exact) mass is 279 g/mol. The van der Waals surface area contributed by atoms with Gasteiger partial charge in [0.05, 0.1) is 5.56 Å². The lowest BCUT2D eigenvalue weighted by Crippen LogP contribution is -2.36. The van der Waals surface area contributed by atoms with Gasteiger partial charge in [0.15, 0.2) is 0 Å². The molecule has 1 fully saturated rings. The van der Waals surface area contributed by atoms with Crippen LogP contribution in [0, 0.1) is 5.82 Å². The third kappa shape index (κ3) is 3.57. The Hall–Kier alpha value is -1.42. The summed E-state index contributed by atoms with van der Waals surface area (Å²) in [7, 11) is 0. The number of halogens is 1. The molecule has 0 atom stereocenters. The van der Waals surface area contributed by atoms with Crippen molar-refractivity contribution in [3.05, 3.63) is 35.1 Å². The largest absolute Gasteiger partial charge is 0.478 e. The zero-order valence-electron chi connectivity index (χ0n) is 11.9. The highest BCUT2D eigenvalue weighted by Crippen LogP contribution is 2.24. The van der Waals surface area contributed by atoms with Crippen LogP contribution in [0.15, 0.2) is 18.2 Å². The molecule has 0 radical (unpaired) electrons. The van der Waals surface area contributed by atoms with Gasteiger partial charge in [-0.2, -0.15) is 0 Å². The van der Waals surface area contributed by atoms with E-state index in [-0.39, 0.29) is 5.56 Å². The van der Waals surface area contributed by atoms with Crippen LogP contribution in [0.3, 0.4) is 0 Å². The van der Waals surface area contributed by atoms with Crippen molar-refractivity contribution in [3.63, 3.8) is 0 Å². The van der Waals surface area contributed by atoms with E-state index in [1.165, 1.54) is 44.2 Å². The highest BCUT2D eigenvalue weighted by atomic mass is 19.1. The van der Waals surface area contributed by atoms with Crippen LogP contribution in [-0.2, 0) is 6.54 Å². The molecule has 4 heteroatoms. The van der Waals surface area contributed by atoms with E-state index >= 15 is 0 Å². The lowest BCUT2D eigenvalue weighted by atomic mass is 9.94. The van der Waals surface area contributed by atoms with E-state index in [1.807, 2.05) is 0 Å². The molecule has 0 spiro atoms. The molecule has 0 saturated heterocycles. The summed E-state index contributed by atoms with van der Waals surface area (Å²) in [6.07, 6.45) is 6.28. The van der Waals surface area contributed by atoms with Crippen LogP contribution < -0.4 is 0 Å². The lowest BCUT2D eigenvalue weighted by Gasteiger charge is -2.33. The summed E-state index contributed by atoms with van der Waals surface area (Å²) in [6.45, 7) is 3.75. The molecule has 1 aromatic carbocycles. The van der Waals surface area contributed by atoms with Crippen molar-refractivity contribution in [2.75, 3.05) is 6.54 Å². The number of carboxylic acids is 1. The van der Waals surface area contributed by atoms with Gasteiger partial charge in [-0.25, -0.2) is 9.18 Å². The van der Waals surface area contributed by atoms with Crippen LogP contribution in [-0.4, -0.2) is 28.6 Å². The first-order valence-corrected chi connectivity index (χ1v) is 7.37. The molecule has 1 aliphatic rings. The van der Waals surface area contributed by atoms with Crippen LogP contribution in [0.4, 0.5) is 4.39 Å². The number of rotatable bonds is 5. The topological polar surface area (TPSA) is 40.5 Å². The summed E-state index contributed by atoms with van der Waals surface area (Å²) >= 11 is 0. The molecule has 1 aliphatic carbocycles.